The summed E-state index contributed by atoms with van der Waals surface area (Å²) in [6.45, 7) is 1.35. The van der Waals surface area contributed by atoms with E-state index in [2.05, 4.69) is 10.6 Å². The van der Waals surface area contributed by atoms with Gasteiger partial charge in [-0.15, -0.1) is 0 Å². The Morgan fingerprint density at radius 3 is 2.67 bits per heavy atom. The summed E-state index contributed by atoms with van der Waals surface area (Å²) in [7, 11) is 0. The van der Waals surface area contributed by atoms with Gasteiger partial charge in [-0.3, -0.25) is 0 Å². The average molecular weight is 170 g/mol. The highest BCUT2D eigenvalue weighted by Gasteiger charge is 2.15. The van der Waals surface area contributed by atoms with Gasteiger partial charge in [0.2, 0.25) is 0 Å². The van der Waals surface area contributed by atoms with Crippen LogP contribution in [0.4, 0.5) is 20.2 Å². The number of fused-ring (bicyclic) bond motifs is 1. The van der Waals surface area contributed by atoms with Gasteiger partial charge in [0.25, 0.3) is 0 Å². The molecule has 2 rings (SSSR count). The number of anilines is 2. The molecular weight excluding hydrogens is 162 g/mol. The fourth-order valence-corrected chi connectivity index (χ4v) is 1.26. The Hall–Kier alpha value is -1.32. The Bertz CT molecular complexity index is 312. The van der Waals surface area contributed by atoms with Crippen LogP contribution in [0.3, 0.4) is 0 Å². The van der Waals surface area contributed by atoms with Gasteiger partial charge in [0.1, 0.15) is 0 Å². The number of hydrogen-bond acceptors (Lipinski definition) is 2. The molecule has 0 bridgehead atoms. The molecule has 2 nitrogen and oxygen atoms in total. The first kappa shape index (κ1) is 7.34. The highest BCUT2D eigenvalue weighted by molar-refractivity contribution is 5.71. The standard InChI is InChI=1S/C8H8F2N2/c9-5-1-2-6-8(7(5)10)12-4-3-11-6/h1-2,11-12H,3-4H2. The Morgan fingerprint density at radius 2 is 1.83 bits per heavy atom. The third-order valence-corrected chi connectivity index (χ3v) is 1.84. The fraction of sp³-hybridized carbons (Fsp3) is 0.250. The van der Waals surface area contributed by atoms with Crippen LogP contribution in [0.1, 0.15) is 0 Å². The first-order valence-corrected chi connectivity index (χ1v) is 3.75. The monoisotopic (exact) mass is 170 g/mol. The molecule has 0 saturated carbocycles. The zero-order valence-electron chi connectivity index (χ0n) is 6.32. The van der Waals surface area contributed by atoms with Crippen LogP contribution in [0.5, 0.6) is 0 Å². The second-order valence-corrected chi connectivity index (χ2v) is 2.64. The van der Waals surface area contributed by atoms with Crippen molar-refractivity contribution in [3.63, 3.8) is 0 Å². The summed E-state index contributed by atoms with van der Waals surface area (Å²) >= 11 is 0. The molecule has 4 heteroatoms. The minimum absolute atomic E-state index is 0.237. The van der Waals surface area contributed by atoms with Crippen LogP contribution in [0.15, 0.2) is 12.1 Å². The average Bonchev–Trinajstić information content (AvgIpc) is 2.12. The molecular formula is C8H8F2N2. The molecule has 0 unspecified atom stereocenters. The normalized spacial score (nSPS) is 14.5. The maximum atomic E-state index is 13.0. The number of hydrogen-bond donors (Lipinski definition) is 2. The van der Waals surface area contributed by atoms with E-state index in [1.807, 2.05) is 0 Å². The molecule has 0 atom stereocenters. The quantitative estimate of drug-likeness (QED) is 0.620. The molecule has 0 saturated heterocycles. The lowest BCUT2D eigenvalue weighted by Crippen LogP contribution is -2.21. The number of rotatable bonds is 0. The minimum Gasteiger partial charge on any atom is -0.382 e. The van der Waals surface area contributed by atoms with E-state index in [0.29, 0.717) is 12.2 Å². The van der Waals surface area contributed by atoms with Crippen LogP contribution in [0.2, 0.25) is 0 Å². The number of halogens is 2. The topological polar surface area (TPSA) is 24.1 Å². The van der Waals surface area contributed by atoms with E-state index in [0.717, 1.165) is 12.6 Å². The predicted molar refractivity (Wildman–Crippen MR) is 43.3 cm³/mol. The van der Waals surface area contributed by atoms with Crippen LogP contribution in [-0.4, -0.2) is 13.1 Å². The van der Waals surface area contributed by atoms with Crippen molar-refractivity contribution in [1.29, 1.82) is 0 Å². The number of nitrogens with one attached hydrogen (secondary N) is 2. The lowest BCUT2D eigenvalue weighted by atomic mass is 10.2. The molecule has 2 N–H and O–H groups in total. The molecule has 0 radical (unpaired) electrons. The highest BCUT2D eigenvalue weighted by atomic mass is 19.2. The van der Waals surface area contributed by atoms with Gasteiger partial charge >= 0.3 is 0 Å². The van der Waals surface area contributed by atoms with Gasteiger partial charge in [0, 0.05) is 13.1 Å². The molecule has 1 heterocycles. The van der Waals surface area contributed by atoms with E-state index < -0.39 is 11.6 Å². The van der Waals surface area contributed by atoms with Gasteiger partial charge in [0.05, 0.1) is 11.4 Å². The lowest BCUT2D eigenvalue weighted by Gasteiger charge is -2.20. The van der Waals surface area contributed by atoms with Gasteiger partial charge in [0.15, 0.2) is 11.6 Å². The Kier molecular flexibility index (Phi) is 1.60. The molecule has 1 aromatic carbocycles. The summed E-state index contributed by atoms with van der Waals surface area (Å²) in [5.41, 5.74) is 0.862. The van der Waals surface area contributed by atoms with Crippen molar-refractivity contribution in [2.24, 2.45) is 0 Å². The first-order chi connectivity index (χ1) is 5.79. The van der Waals surface area contributed by atoms with Crippen LogP contribution in [-0.2, 0) is 0 Å². The Labute approximate surface area is 68.6 Å². The van der Waals surface area contributed by atoms with Crippen molar-refractivity contribution >= 4 is 11.4 Å². The number of benzene rings is 1. The molecule has 0 amide bonds. The van der Waals surface area contributed by atoms with Crippen molar-refractivity contribution in [1.82, 2.24) is 0 Å². The third-order valence-electron chi connectivity index (χ3n) is 1.84. The van der Waals surface area contributed by atoms with E-state index in [-0.39, 0.29) is 5.69 Å². The van der Waals surface area contributed by atoms with Crippen molar-refractivity contribution in [3.05, 3.63) is 23.8 Å². The van der Waals surface area contributed by atoms with Crippen molar-refractivity contribution in [3.8, 4) is 0 Å². The van der Waals surface area contributed by atoms with Gasteiger partial charge < -0.3 is 10.6 Å². The Balaban J connectivity index is 2.54. The molecule has 1 aromatic rings. The van der Waals surface area contributed by atoms with Gasteiger partial charge in [-0.1, -0.05) is 0 Å². The van der Waals surface area contributed by atoms with Gasteiger partial charge in [-0.05, 0) is 12.1 Å². The Morgan fingerprint density at radius 1 is 1.08 bits per heavy atom. The SMILES string of the molecule is Fc1ccc2c(c1F)NCCN2. The minimum atomic E-state index is -0.815. The summed E-state index contributed by atoms with van der Waals surface area (Å²) in [5.74, 6) is -1.62. The van der Waals surface area contributed by atoms with Gasteiger partial charge in [-0.25, -0.2) is 8.78 Å². The van der Waals surface area contributed by atoms with Crippen molar-refractivity contribution in [2.45, 2.75) is 0 Å². The molecule has 1 aliphatic heterocycles. The van der Waals surface area contributed by atoms with Crippen LogP contribution in [0, 0.1) is 11.6 Å². The summed E-state index contributed by atoms with van der Waals surface area (Å²) < 4.78 is 25.7. The molecule has 0 aromatic heterocycles. The van der Waals surface area contributed by atoms with E-state index in [9.17, 15) is 8.78 Å². The van der Waals surface area contributed by atoms with Crippen molar-refractivity contribution in [2.75, 3.05) is 23.7 Å². The maximum Gasteiger partial charge on any atom is 0.183 e. The summed E-state index contributed by atoms with van der Waals surface area (Å²) in [4.78, 5) is 0. The zero-order chi connectivity index (χ0) is 8.55. The molecule has 0 aliphatic carbocycles. The van der Waals surface area contributed by atoms with Crippen LogP contribution >= 0.6 is 0 Å². The smallest absolute Gasteiger partial charge is 0.183 e. The highest BCUT2D eigenvalue weighted by Crippen LogP contribution is 2.28. The molecule has 64 valence electrons. The summed E-state index contributed by atoms with van der Waals surface area (Å²) in [5, 5.41) is 5.76. The maximum absolute atomic E-state index is 13.0. The fourth-order valence-electron chi connectivity index (χ4n) is 1.26. The van der Waals surface area contributed by atoms with E-state index >= 15 is 0 Å². The predicted octanol–water partition coefficient (Wildman–Crippen LogP) is 1.80. The van der Waals surface area contributed by atoms with Crippen LogP contribution in [0.25, 0.3) is 0 Å². The van der Waals surface area contributed by atoms with Gasteiger partial charge in [-0.2, -0.15) is 0 Å². The molecule has 1 aliphatic rings. The second kappa shape index (κ2) is 2.62. The largest absolute Gasteiger partial charge is 0.382 e. The summed E-state index contributed by atoms with van der Waals surface area (Å²) in [6, 6.07) is 2.65. The molecule has 0 spiro atoms. The second-order valence-electron chi connectivity index (χ2n) is 2.64. The summed E-state index contributed by atoms with van der Waals surface area (Å²) in [6.07, 6.45) is 0. The molecule has 0 fully saturated rings. The van der Waals surface area contributed by atoms with Crippen LogP contribution < -0.4 is 10.6 Å². The van der Waals surface area contributed by atoms with E-state index in [1.54, 1.807) is 0 Å². The van der Waals surface area contributed by atoms with E-state index in [1.165, 1.54) is 6.07 Å². The molecule has 12 heavy (non-hydrogen) atoms. The third kappa shape index (κ3) is 0.995. The zero-order valence-corrected chi connectivity index (χ0v) is 6.32. The first-order valence-electron chi connectivity index (χ1n) is 3.75. The van der Waals surface area contributed by atoms with E-state index in [4.69, 9.17) is 0 Å². The van der Waals surface area contributed by atoms with Crippen molar-refractivity contribution < 1.29 is 8.78 Å². The lowest BCUT2D eigenvalue weighted by molar-refractivity contribution is 0.511.